The number of hydrazone groups is 1. The Hall–Kier alpha value is -3.68. The minimum Gasteiger partial charge on any atom is -0.482 e. The minimum atomic E-state index is -1.06. The first-order chi connectivity index (χ1) is 12.9. The lowest BCUT2D eigenvalue weighted by Gasteiger charge is -2.05. The number of hydrogen-bond donors (Lipinski definition) is 3. The number of aryl methyl sites for hydroxylation is 1. The van der Waals surface area contributed by atoms with Crippen molar-refractivity contribution in [2.45, 2.75) is 6.92 Å². The first-order valence-corrected chi connectivity index (χ1v) is 8.05. The van der Waals surface area contributed by atoms with Crippen LogP contribution in [0.4, 0.5) is 0 Å². The Labute approximate surface area is 155 Å². The molecule has 0 spiro atoms. The molecule has 0 fully saturated rings. The van der Waals surface area contributed by atoms with Crippen molar-refractivity contribution in [3.63, 3.8) is 0 Å². The maximum Gasteiger partial charge on any atom is 0.341 e. The average Bonchev–Trinajstić information content (AvgIpc) is 2.66. The number of aliphatic carboxylic acids is 1. The van der Waals surface area contributed by atoms with Gasteiger partial charge in [0, 0.05) is 5.56 Å². The monoisotopic (exact) mass is 369 g/mol. The molecule has 0 saturated carbocycles. The molecule has 0 bridgehead atoms. The standard InChI is InChI=1S/C19H19N3O5/c1-13-2-6-15(7-3-13)19(26)20-11-17(23)22-21-10-14-4-8-16(9-5-14)27-12-18(24)25/h2-10H,11-12H2,1H3,(H,20,26)(H,22,23)(H,24,25)/b21-10-. The number of carboxylic acids is 1. The third-order valence-corrected chi connectivity index (χ3v) is 3.37. The van der Waals surface area contributed by atoms with Crippen molar-refractivity contribution in [1.82, 2.24) is 10.7 Å². The summed E-state index contributed by atoms with van der Waals surface area (Å²) in [5.41, 5.74) is 4.51. The summed E-state index contributed by atoms with van der Waals surface area (Å²) in [4.78, 5) is 34.0. The zero-order chi connectivity index (χ0) is 19.6. The van der Waals surface area contributed by atoms with Crippen LogP contribution in [0.3, 0.4) is 0 Å². The quantitative estimate of drug-likeness (QED) is 0.479. The van der Waals surface area contributed by atoms with E-state index in [4.69, 9.17) is 9.84 Å². The summed E-state index contributed by atoms with van der Waals surface area (Å²) in [5.74, 6) is -1.45. The van der Waals surface area contributed by atoms with Gasteiger partial charge in [0.15, 0.2) is 6.61 Å². The highest BCUT2D eigenvalue weighted by Gasteiger charge is 2.07. The lowest BCUT2D eigenvalue weighted by atomic mass is 10.1. The Balaban J connectivity index is 1.75. The molecule has 0 unspecified atom stereocenters. The Morgan fingerprint density at radius 2 is 1.74 bits per heavy atom. The third kappa shape index (κ3) is 6.99. The van der Waals surface area contributed by atoms with Crippen molar-refractivity contribution in [2.24, 2.45) is 5.10 Å². The number of hydrogen-bond acceptors (Lipinski definition) is 5. The van der Waals surface area contributed by atoms with Gasteiger partial charge in [0.05, 0.1) is 12.8 Å². The van der Waals surface area contributed by atoms with Crippen molar-refractivity contribution in [3.8, 4) is 5.75 Å². The molecule has 2 rings (SSSR count). The maximum absolute atomic E-state index is 11.9. The van der Waals surface area contributed by atoms with Gasteiger partial charge < -0.3 is 15.2 Å². The Morgan fingerprint density at radius 3 is 2.37 bits per heavy atom. The fraction of sp³-hybridized carbons (Fsp3) is 0.158. The van der Waals surface area contributed by atoms with Crippen LogP contribution in [-0.4, -0.2) is 42.3 Å². The van der Waals surface area contributed by atoms with Gasteiger partial charge in [0.2, 0.25) is 0 Å². The van der Waals surface area contributed by atoms with E-state index in [1.54, 1.807) is 36.4 Å². The van der Waals surface area contributed by atoms with Crippen LogP contribution in [0.15, 0.2) is 53.6 Å². The molecule has 0 aromatic heterocycles. The zero-order valence-electron chi connectivity index (χ0n) is 14.6. The number of amides is 2. The van der Waals surface area contributed by atoms with Gasteiger partial charge in [0.1, 0.15) is 5.75 Å². The minimum absolute atomic E-state index is 0.202. The second-order valence-corrected chi connectivity index (χ2v) is 5.59. The van der Waals surface area contributed by atoms with Crippen molar-refractivity contribution >= 4 is 24.0 Å². The van der Waals surface area contributed by atoms with Crippen LogP contribution in [0, 0.1) is 6.92 Å². The molecular formula is C19H19N3O5. The lowest BCUT2D eigenvalue weighted by molar-refractivity contribution is -0.139. The molecule has 140 valence electrons. The first-order valence-electron chi connectivity index (χ1n) is 8.05. The molecule has 3 N–H and O–H groups in total. The molecule has 0 saturated heterocycles. The van der Waals surface area contributed by atoms with Crippen LogP contribution in [0.25, 0.3) is 0 Å². The number of nitrogens with one attached hydrogen (secondary N) is 2. The van der Waals surface area contributed by atoms with Gasteiger partial charge in [-0.1, -0.05) is 17.7 Å². The predicted octanol–water partition coefficient (Wildman–Crippen LogP) is 1.34. The summed E-state index contributed by atoms with van der Waals surface area (Å²) >= 11 is 0. The van der Waals surface area contributed by atoms with Crippen LogP contribution < -0.4 is 15.5 Å². The fourth-order valence-electron chi connectivity index (χ4n) is 1.98. The van der Waals surface area contributed by atoms with Gasteiger partial charge in [-0.3, -0.25) is 9.59 Å². The number of rotatable bonds is 8. The highest BCUT2D eigenvalue weighted by atomic mass is 16.5. The van der Waals surface area contributed by atoms with E-state index in [0.717, 1.165) is 5.56 Å². The highest BCUT2D eigenvalue weighted by molar-refractivity contribution is 5.96. The SMILES string of the molecule is Cc1ccc(C(=O)NCC(=O)N/N=C\c2ccc(OCC(=O)O)cc2)cc1. The summed E-state index contributed by atoms with van der Waals surface area (Å²) in [6.45, 7) is 1.30. The van der Waals surface area contributed by atoms with Gasteiger partial charge in [-0.2, -0.15) is 5.10 Å². The van der Waals surface area contributed by atoms with E-state index >= 15 is 0 Å². The van der Waals surface area contributed by atoms with Crippen LogP contribution in [-0.2, 0) is 9.59 Å². The number of benzene rings is 2. The molecule has 8 heteroatoms. The highest BCUT2D eigenvalue weighted by Crippen LogP contribution is 2.10. The molecule has 8 nitrogen and oxygen atoms in total. The summed E-state index contributed by atoms with van der Waals surface area (Å²) in [7, 11) is 0. The molecule has 2 amide bonds. The van der Waals surface area contributed by atoms with E-state index in [9.17, 15) is 14.4 Å². The van der Waals surface area contributed by atoms with E-state index < -0.39 is 18.5 Å². The largest absolute Gasteiger partial charge is 0.482 e. The van der Waals surface area contributed by atoms with E-state index in [-0.39, 0.29) is 12.5 Å². The molecule has 0 atom stereocenters. The van der Waals surface area contributed by atoms with Gasteiger partial charge in [0.25, 0.3) is 11.8 Å². The van der Waals surface area contributed by atoms with Crippen molar-refractivity contribution in [3.05, 3.63) is 65.2 Å². The summed E-state index contributed by atoms with van der Waals surface area (Å²) < 4.78 is 5.01. The number of carbonyl (C=O) groups is 3. The lowest BCUT2D eigenvalue weighted by Crippen LogP contribution is -2.34. The number of carbonyl (C=O) groups excluding carboxylic acids is 2. The summed E-state index contributed by atoms with van der Waals surface area (Å²) in [5, 5.41) is 14.8. The van der Waals surface area contributed by atoms with Crippen LogP contribution >= 0.6 is 0 Å². The number of ether oxygens (including phenoxy) is 1. The molecule has 27 heavy (non-hydrogen) atoms. The summed E-state index contributed by atoms with van der Waals surface area (Å²) in [6.07, 6.45) is 1.42. The molecule has 2 aromatic rings. The molecule has 0 aliphatic heterocycles. The first kappa shape index (κ1) is 19.6. The van der Waals surface area contributed by atoms with Crippen LogP contribution in [0.5, 0.6) is 5.75 Å². The smallest absolute Gasteiger partial charge is 0.341 e. The summed E-state index contributed by atoms with van der Waals surface area (Å²) in [6, 6.07) is 13.5. The Morgan fingerprint density at radius 1 is 1.07 bits per heavy atom. The van der Waals surface area contributed by atoms with E-state index in [2.05, 4.69) is 15.8 Å². The second kappa shape index (κ2) is 9.71. The van der Waals surface area contributed by atoms with Crippen LogP contribution in [0.1, 0.15) is 21.5 Å². The van der Waals surface area contributed by atoms with E-state index in [1.807, 2.05) is 19.1 Å². The third-order valence-electron chi connectivity index (χ3n) is 3.37. The van der Waals surface area contributed by atoms with Crippen molar-refractivity contribution < 1.29 is 24.2 Å². The fourth-order valence-corrected chi connectivity index (χ4v) is 1.98. The average molecular weight is 369 g/mol. The predicted molar refractivity (Wildman–Crippen MR) is 98.8 cm³/mol. The molecule has 0 aliphatic carbocycles. The topological polar surface area (TPSA) is 117 Å². The normalized spacial score (nSPS) is 10.4. The molecule has 2 aromatic carbocycles. The number of nitrogens with zero attached hydrogens (tertiary/aromatic N) is 1. The van der Waals surface area contributed by atoms with Crippen molar-refractivity contribution in [1.29, 1.82) is 0 Å². The zero-order valence-corrected chi connectivity index (χ0v) is 14.6. The van der Waals surface area contributed by atoms with Crippen LogP contribution in [0.2, 0.25) is 0 Å². The van der Waals surface area contributed by atoms with Gasteiger partial charge in [-0.25, -0.2) is 10.2 Å². The molecule has 0 radical (unpaired) electrons. The Kier molecular flexibility index (Phi) is 7.07. The second-order valence-electron chi connectivity index (χ2n) is 5.59. The van der Waals surface area contributed by atoms with Gasteiger partial charge in [-0.15, -0.1) is 0 Å². The van der Waals surface area contributed by atoms with E-state index in [0.29, 0.717) is 16.9 Å². The maximum atomic E-state index is 11.9. The Bertz CT molecular complexity index is 829. The molecule has 0 aliphatic rings. The number of carboxylic acid groups (broad SMARTS) is 1. The molecule has 0 heterocycles. The van der Waals surface area contributed by atoms with Gasteiger partial charge in [-0.05, 0) is 48.9 Å². The molecular weight excluding hydrogens is 350 g/mol. The van der Waals surface area contributed by atoms with Gasteiger partial charge >= 0.3 is 5.97 Å². The van der Waals surface area contributed by atoms with Crippen molar-refractivity contribution in [2.75, 3.05) is 13.2 Å². The van der Waals surface area contributed by atoms with E-state index in [1.165, 1.54) is 6.21 Å².